The van der Waals surface area contributed by atoms with Crippen molar-refractivity contribution in [3.63, 3.8) is 0 Å². The lowest BCUT2D eigenvalue weighted by molar-refractivity contribution is -0.123. The van der Waals surface area contributed by atoms with Crippen molar-refractivity contribution in [2.75, 3.05) is 27.8 Å². The monoisotopic (exact) mass is 590 g/mol. The third-order valence-corrected chi connectivity index (χ3v) is 8.53. The minimum atomic E-state index is -3.87. The van der Waals surface area contributed by atoms with Crippen molar-refractivity contribution in [3.05, 3.63) is 89.5 Å². The Hall–Kier alpha value is -4.64. The van der Waals surface area contributed by atoms with Gasteiger partial charge in [0.25, 0.3) is 5.91 Å². The summed E-state index contributed by atoms with van der Waals surface area (Å²) in [6.45, 7) is 5.40. The maximum Gasteiger partial charge on any atom is 0.338 e. The maximum atomic E-state index is 13.3. The van der Waals surface area contributed by atoms with Crippen LogP contribution in [0.2, 0.25) is 0 Å². The molecule has 0 aromatic heterocycles. The number of nitrogens with two attached hydrogens (primary N) is 1. The van der Waals surface area contributed by atoms with E-state index in [4.69, 9.17) is 10.5 Å². The molecule has 11 heteroatoms. The zero-order chi connectivity index (χ0) is 30.7. The molecule has 10 nitrogen and oxygen atoms in total. The second kappa shape index (κ2) is 12.1. The molecule has 4 rings (SSSR count). The number of carbonyl (C=O) groups excluding carboxylic acids is 3. The Kier molecular flexibility index (Phi) is 8.72. The number of anilines is 3. The van der Waals surface area contributed by atoms with Gasteiger partial charge in [0.05, 0.1) is 41.1 Å². The van der Waals surface area contributed by atoms with Gasteiger partial charge in [0.2, 0.25) is 15.9 Å². The first-order valence-corrected chi connectivity index (χ1v) is 15.4. The van der Waals surface area contributed by atoms with Crippen LogP contribution in [0.1, 0.15) is 55.1 Å². The molecule has 0 aliphatic carbocycles. The molecule has 2 amide bonds. The molecule has 0 fully saturated rings. The highest BCUT2D eigenvalue weighted by Gasteiger charge is 2.44. The molecular formula is C31H34N4O6S. The summed E-state index contributed by atoms with van der Waals surface area (Å²) in [5, 5.41) is 6.17. The quantitative estimate of drug-likeness (QED) is 0.218. The van der Waals surface area contributed by atoms with Crippen LogP contribution < -0.4 is 20.7 Å². The molecule has 0 radical (unpaired) electrons. The van der Waals surface area contributed by atoms with Gasteiger partial charge < -0.3 is 21.1 Å². The number of amides is 2. The minimum absolute atomic E-state index is 0.197. The maximum absolute atomic E-state index is 13.3. The van der Waals surface area contributed by atoms with Crippen LogP contribution in [0.15, 0.2) is 72.8 Å². The first-order chi connectivity index (χ1) is 20.0. The van der Waals surface area contributed by atoms with E-state index in [1.807, 2.05) is 30.3 Å². The number of ether oxygens (including phenoxy) is 1. The van der Waals surface area contributed by atoms with Crippen LogP contribution in [0.3, 0.4) is 0 Å². The second-order valence-corrected chi connectivity index (χ2v) is 11.7. The van der Waals surface area contributed by atoms with Crippen LogP contribution in [0.5, 0.6) is 0 Å². The first kappa shape index (κ1) is 30.3. The summed E-state index contributed by atoms with van der Waals surface area (Å²) in [5.74, 6) is -1.56. The number of carbonyl (C=O) groups is 3. The Morgan fingerprint density at radius 3 is 2.14 bits per heavy atom. The smallest absolute Gasteiger partial charge is 0.338 e. The van der Waals surface area contributed by atoms with Crippen LogP contribution in [0, 0.1) is 0 Å². The van der Waals surface area contributed by atoms with E-state index in [9.17, 15) is 22.8 Å². The number of fused-ring (bicyclic) bond motifs is 1. The van der Waals surface area contributed by atoms with Gasteiger partial charge in [0.1, 0.15) is 5.54 Å². The molecule has 0 unspecified atom stereocenters. The van der Waals surface area contributed by atoms with Crippen LogP contribution in [-0.4, -0.2) is 44.6 Å². The molecule has 42 heavy (non-hydrogen) atoms. The zero-order valence-electron chi connectivity index (χ0n) is 23.9. The molecule has 1 aliphatic rings. The highest BCUT2D eigenvalue weighted by molar-refractivity contribution is 7.92. The highest BCUT2D eigenvalue weighted by Crippen LogP contribution is 2.39. The fraction of sp³-hybridized carbons (Fsp3) is 0.258. The SMILES string of the molecule is CCOC(=O)c1ccc2c(c1)NC(=O)/C2=C(\Nc1ccc(N(C(CC)(CC)C(N)=O)S(C)(=O)=O)cc1)c1ccccc1. The van der Waals surface area contributed by atoms with E-state index >= 15 is 0 Å². The zero-order valence-corrected chi connectivity index (χ0v) is 24.7. The van der Waals surface area contributed by atoms with Crippen molar-refractivity contribution >= 4 is 56.1 Å². The van der Waals surface area contributed by atoms with Gasteiger partial charge in [-0.05, 0) is 61.7 Å². The predicted octanol–water partition coefficient (Wildman–Crippen LogP) is 4.61. The topological polar surface area (TPSA) is 148 Å². The highest BCUT2D eigenvalue weighted by atomic mass is 32.2. The summed E-state index contributed by atoms with van der Waals surface area (Å²) >= 11 is 0. The third-order valence-electron chi connectivity index (χ3n) is 7.31. The summed E-state index contributed by atoms with van der Waals surface area (Å²) in [4.78, 5) is 38.1. The third kappa shape index (κ3) is 5.73. The fourth-order valence-electron chi connectivity index (χ4n) is 5.21. The van der Waals surface area contributed by atoms with Crippen LogP contribution in [-0.2, 0) is 24.3 Å². The van der Waals surface area contributed by atoms with E-state index in [2.05, 4.69) is 10.6 Å². The fourth-order valence-corrected chi connectivity index (χ4v) is 6.70. The predicted molar refractivity (Wildman–Crippen MR) is 164 cm³/mol. The molecule has 220 valence electrons. The molecule has 1 heterocycles. The summed E-state index contributed by atoms with van der Waals surface area (Å²) in [6, 6.07) is 20.7. The lowest BCUT2D eigenvalue weighted by atomic mass is 9.91. The van der Waals surface area contributed by atoms with Crippen molar-refractivity contribution in [1.29, 1.82) is 0 Å². The van der Waals surface area contributed by atoms with Crippen molar-refractivity contribution in [2.24, 2.45) is 5.73 Å². The van der Waals surface area contributed by atoms with Gasteiger partial charge >= 0.3 is 5.97 Å². The molecule has 0 saturated carbocycles. The van der Waals surface area contributed by atoms with Gasteiger partial charge in [-0.1, -0.05) is 50.2 Å². The summed E-state index contributed by atoms with van der Waals surface area (Å²) < 4.78 is 32.0. The average Bonchev–Trinajstić information content (AvgIpc) is 3.29. The Bertz CT molecular complexity index is 1650. The van der Waals surface area contributed by atoms with Gasteiger partial charge in [0.15, 0.2) is 0 Å². The molecule has 1 aliphatic heterocycles. The van der Waals surface area contributed by atoms with Gasteiger partial charge in [-0.3, -0.25) is 13.9 Å². The molecule has 0 atom stereocenters. The number of hydrogen-bond acceptors (Lipinski definition) is 7. The number of esters is 1. The number of nitrogens with zero attached hydrogens (tertiary/aromatic N) is 1. The van der Waals surface area contributed by atoms with E-state index in [0.717, 1.165) is 16.1 Å². The first-order valence-electron chi connectivity index (χ1n) is 13.6. The summed E-state index contributed by atoms with van der Waals surface area (Å²) in [7, 11) is -3.87. The van der Waals surface area contributed by atoms with Gasteiger partial charge in [0, 0.05) is 11.3 Å². The number of nitrogens with one attached hydrogen (secondary N) is 2. The van der Waals surface area contributed by atoms with Gasteiger partial charge in [-0.15, -0.1) is 0 Å². The molecule has 4 N–H and O–H groups in total. The molecule has 0 spiro atoms. The van der Waals surface area contributed by atoms with E-state index in [1.165, 1.54) is 0 Å². The largest absolute Gasteiger partial charge is 0.462 e. The van der Waals surface area contributed by atoms with E-state index < -0.39 is 27.4 Å². The summed E-state index contributed by atoms with van der Waals surface area (Å²) in [6.07, 6.45) is 1.44. The van der Waals surface area contributed by atoms with Crippen LogP contribution >= 0.6 is 0 Å². The average molecular weight is 591 g/mol. The van der Waals surface area contributed by atoms with Crippen molar-refractivity contribution in [3.8, 4) is 0 Å². The molecule has 0 bridgehead atoms. The lowest BCUT2D eigenvalue weighted by Gasteiger charge is -2.40. The Morgan fingerprint density at radius 2 is 1.60 bits per heavy atom. The summed E-state index contributed by atoms with van der Waals surface area (Å²) in [5.41, 5.74) is 8.19. The number of primary amides is 1. The standard InChI is InChI=1S/C31H34N4O6S/c1-5-31(6-2,30(32)38)35(42(4,39)40)23-16-14-22(15-17-23)33-27(20-11-9-8-10-12-20)26-24-18-13-21(29(37)41-7-3)19-25(24)34-28(26)36/h8-19,33H,5-7H2,1-4H3,(H2,32,38)(H,34,36)/b27-26-. The Morgan fingerprint density at radius 1 is 0.952 bits per heavy atom. The van der Waals surface area contributed by atoms with Crippen LogP contribution in [0.25, 0.3) is 11.3 Å². The number of hydrogen-bond donors (Lipinski definition) is 3. The lowest BCUT2D eigenvalue weighted by Crippen LogP contribution is -2.59. The van der Waals surface area contributed by atoms with Crippen molar-refractivity contribution < 1.29 is 27.5 Å². The molecular weight excluding hydrogens is 556 g/mol. The second-order valence-electron chi connectivity index (χ2n) is 9.85. The van der Waals surface area contributed by atoms with E-state index in [0.29, 0.717) is 33.8 Å². The van der Waals surface area contributed by atoms with Crippen molar-refractivity contribution in [2.45, 2.75) is 39.2 Å². The minimum Gasteiger partial charge on any atom is -0.462 e. The number of benzene rings is 3. The van der Waals surface area contributed by atoms with E-state index in [1.54, 1.807) is 63.2 Å². The van der Waals surface area contributed by atoms with Gasteiger partial charge in [-0.2, -0.15) is 0 Å². The normalized spacial score (nSPS) is 14.0. The number of sulfonamides is 1. The van der Waals surface area contributed by atoms with E-state index in [-0.39, 0.29) is 31.0 Å². The molecule has 3 aromatic carbocycles. The van der Waals surface area contributed by atoms with Crippen LogP contribution in [0.4, 0.5) is 17.1 Å². The Labute approximate surface area is 245 Å². The molecule has 3 aromatic rings. The Balaban J connectivity index is 1.79. The number of rotatable bonds is 11. The van der Waals surface area contributed by atoms with Gasteiger partial charge in [-0.25, -0.2) is 13.2 Å². The molecule has 0 saturated heterocycles. The van der Waals surface area contributed by atoms with Crippen molar-refractivity contribution in [1.82, 2.24) is 0 Å².